The summed E-state index contributed by atoms with van der Waals surface area (Å²) in [5, 5.41) is 15.3. The van der Waals surface area contributed by atoms with Crippen molar-refractivity contribution >= 4 is 28.5 Å². The van der Waals surface area contributed by atoms with E-state index in [4.69, 9.17) is 10.5 Å². The second-order valence-corrected chi connectivity index (χ2v) is 8.97. The minimum Gasteiger partial charge on any atom is -0.471 e. The molecule has 12 heteroatoms. The number of carbonyl (C=O) groups is 2. The van der Waals surface area contributed by atoms with E-state index in [9.17, 15) is 23.5 Å². The van der Waals surface area contributed by atoms with Crippen LogP contribution in [0.2, 0.25) is 0 Å². The number of nitrogens with zero attached hydrogens (tertiary/aromatic N) is 2. The maximum Gasteiger partial charge on any atom is 0.319 e. The Kier molecular flexibility index (Phi) is 9.13. The highest BCUT2D eigenvalue weighted by atomic mass is 32.1. The fourth-order valence-corrected chi connectivity index (χ4v) is 4.34. The Morgan fingerprint density at radius 3 is 2.71 bits per heavy atom. The molecule has 0 radical (unpaired) electrons. The molecule has 1 atom stereocenters. The number of amides is 3. The van der Waals surface area contributed by atoms with Gasteiger partial charge >= 0.3 is 6.03 Å². The Balaban J connectivity index is 1.50. The van der Waals surface area contributed by atoms with E-state index >= 15 is 0 Å². The molecule has 1 saturated heterocycles. The molecule has 0 spiro atoms. The molecule has 3 amide bonds. The number of aromatic nitrogens is 1. The highest BCUT2D eigenvalue weighted by molar-refractivity contribution is 7.11. The van der Waals surface area contributed by atoms with Crippen molar-refractivity contribution in [2.24, 2.45) is 5.73 Å². The highest BCUT2D eigenvalue weighted by Gasteiger charge is 2.22. The molecule has 2 aromatic rings. The Morgan fingerprint density at radius 1 is 1.26 bits per heavy atom. The van der Waals surface area contributed by atoms with Crippen molar-refractivity contribution in [1.82, 2.24) is 14.6 Å². The lowest BCUT2D eigenvalue weighted by atomic mass is 10.1. The summed E-state index contributed by atoms with van der Waals surface area (Å²) in [7, 11) is 0. The van der Waals surface area contributed by atoms with Gasteiger partial charge in [-0.3, -0.25) is 10.1 Å². The number of ether oxygens (including phenoxy) is 1. The molecule has 9 nitrogen and oxygen atoms in total. The van der Waals surface area contributed by atoms with Crippen LogP contribution < -0.4 is 21.1 Å². The van der Waals surface area contributed by atoms with Gasteiger partial charge in [0.2, 0.25) is 5.88 Å². The average Bonchev–Trinajstić information content (AvgIpc) is 3.44. The van der Waals surface area contributed by atoms with Crippen LogP contribution in [0.5, 0.6) is 5.88 Å². The summed E-state index contributed by atoms with van der Waals surface area (Å²) in [6.07, 6.45) is 2.88. The van der Waals surface area contributed by atoms with Crippen LogP contribution in [0.1, 0.15) is 47.2 Å². The molecule has 1 aromatic carbocycles. The van der Waals surface area contributed by atoms with E-state index in [0.717, 1.165) is 43.3 Å². The van der Waals surface area contributed by atoms with Crippen LogP contribution in [0.25, 0.3) is 0 Å². The van der Waals surface area contributed by atoms with Gasteiger partial charge in [0.1, 0.15) is 28.8 Å². The number of rotatable bonds is 11. The van der Waals surface area contributed by atoms with Crippen LogP contribution in [0.4, 0.5) is 18.6 Å². The number of hydrogen-bond donors (Lipinski definition) is 4. The molecule has 0 aliphatic carbocycles. The Hall–Kier alpha value is -2.83. The molecule has 2 heterocycles. The molecule has 5 N–H and O–H groups in total. The molecule has 186 valence electrons. The fourth-order valence-electron chi connectivity index (χ4n) is 3.60. The summed E-state index contributed by atoms with van der Waals surface area (Å²) in [4.78, 5) is 26.4. The normalized spacial score (nSPS) is 14.7. The molecular weight excluding hydrogens is 468 g/mol. The maximum atomic E-state index is 14.0. The van der Waals surface area contributed by atoms with Crippen LogP contribution in [-0.4, -0.2) is 58.6 Å². The number of anilines is 1. The number of halogens is 2. The zero-order valence-corrected chi connectivity index (χ0v) is 19.7. The summed E-state index contributed by atoms with van der Waals surface area (Å²) in [6, 6.07) is 1.45. The van der Waals surface area contributed by atoms with Gasteiger partial charge in [-0.15, -0.1) is 0 Å². The summed E-state index contributed by atoms with van der Waals surface area (Å²) in [6.45, 7) is 4.25. The molecular formula is C22H29F2N5O4S. The van der Waals surface area contributed by atoms with E-state index in [0.29, 0.717) is 12.8 Å². The van der Waals surface area contributed by atoms with Gasteiger partial charge in [-0.25, -0.2) is 13.6 Å². The summed E-state index contributed by atoms with van der Waals surface area (Å²) in [5.74, 6) is -2.33. The first-order valence-corrected chi connectivity index (χ1v) is 11.8. The van der Waals surface area contributed by atoms with E-state index in [1.165, 1.54) is 19.8 Å². The summed E-state index contributed by atoms with van der Waals surface area (Å²) < 4.78 is 37.1. The first-order chi connectivity index (χ1) is 16.2. The van der Waals surface area contributed by atoms with E-state index in [1.54, 1.807) is 0 Å². The number of nitrogens with two attached hydrogens (primary N) is 1. The first kappa shape index (κ1) is 25.8. The second-order valence-electron chi connectivity index (χ2n) is 8.20. The third-order valence-electron chi connectivity index (χ3n) is 5.57. The van der Waals surface area contributed by atoms with Gasteiger partial charge in [-0.2, -0.15) is 4.37 Å². The number of aliphatic hydroxyl groups is 1. The van der Waals surface area contributed by atoms with Gasteiger partial charge < -0.3 is 25.8 Å². The number of carbonyl (C=O) groups excluding carboxylic acids is 2. The smallest absolute Gasteiger partial charge is 0.319 e. The Bertz CT molecular complexity index is 1010. The lowest BCUT2D eigenvalue weighted by Gasteiger charge is -2.17. The molecule has 3 rings (SSSR count). The molecule has 1 aromatic heterocycles. The Morgan fingerprint density at radius 2 is 2.00 bits per heavy atom. The van der Waals surface area contributed by atoms with E-state index in [-0.39, 0.29) is 40.7 Å². The Labute approximate surface area is 200 Å². The SMILES string of the molecule is Cc1cc(F)c(COc2nsc(NC(=O)NCCC(O)CCN3CCCC3)c2C(N)=O)cc1F. The molecule has 34 heavy (non-hydrogen) atoms. The van der Waals surface area contributed by atoms with Crippen molar-refractivity contribution in [2.75, 3.05) is 31.5 Å². The third kappa shape index (κ3) is 7.08. The third-order valence-corrected chi connectivity index (χ3v) is 6.31. The van der Waals surface area contributed by atoms with Gasteiger partial charge in [-0.05, 0) is 74.9 Å². The van der Waals surface area contributed by atoms with Crippen LogP contribution in [-0.2, 0) is 6.61 Å². The number of likely N-dealkylation sites (tertiary alicyclic amines) is 1. The van der Waals surface area contributed by atoms with Crippen molar-refractivity contribution in [3.8, 4) is 5.88 Å². The zero-order valence-electron chi connectivity index (χ0n) is 18.9. The summed E-state index contributed by atoms with van der Waals surface area (Å²) >= 11 is 0.769. The van der Waals surface area contributed by atoms with Crippen molar-refractivity contribution in [3.63, 3.8) is 0 Å². The number of aryl methyl sites for hydroxylation is 1. The fraction of sp³-hybridized carbons (Fsp3) is 0.500. The largest absolute Gasteiger partial charge is 0.471 e. The van der Waals surface area contributed by atoms with E-state index < -0.39 is 29.7 Å². The maximum absolute atomic E-state index is 14.0. The molecule has 0 saturated carbocycles. The number of aliphatic hydroxyl groups excluding tert-OH is 1. The number of nitrogens with one attached hydrogen (secondary N) is 2. The van der Waals surface area contributed by atoms with E-state index in [2.05, 4.69) is 19.9 Å². The lowest BCUT2D eigenvalue weighted by Crippen LogP contribution is -2.32. The number of benzene rings is 1. The van der Waals surface area contributed by atoms with Gasteiger partial charge in [0.25, 0.3) is 5.91 Å². The van der Waals surface area contributed by atoms with Crippen molar-refractivity contribution in [2.45, 2.75) is 45.3 Å². The molecule has 1 aliphatic heterocycles. The van der Waals surface area contributed by atoms with Crippen LogP contribution in [0.3, 0.4) is 0 Å². The van der Waals surface area contributed by atoms with Gasteiger partial charge in [0.15, 0.2) is 0 Å². The van der Waals surface area contributed by atoms with Gasteiger partial charge in [0, 0.05) is 18.7 Å². The van der Waals surface area contributed by atoms with Gasteiger partial charge in [0.05, 0.1) is 6.10 Å². The standard InChI is InChI=1S/C22H29F2N5O4S/c1-13-10-17(24)14(11-16(13)23)12-33-20-18(19(25)31)21(34-28-20)27-22(32)26-6-4-15(30)5-9-29-7-2-3-8-29/h10-11,15,30H,2-9,12H2,1H3,(H2,25,31)(H2,26,27,32). The first-order valence-electron chi connectivity index (χ1n) is 11.1. The van der Waals surface area contributed by atoms with Crippen molar-refractivity contribution in [1.29, 1.82) is 0 Å². The van der Waals surface area contributed by atoms with Gasteiger partial charge in [-0.1, -0.05) is 0 Å². The highest BCUT2D eigenvalue weighted by Crippen LogP contribution is 2.31. The minimum atomic E-state index is -0.896. The molecule has 1 unspecified atom stereocenters. The van der Waals surface area contributed by atoms with Crippen molar-refractivity contribution < 1.29 is 28.2 Å². The molecule has 0 bridgehead atoms. The summed E-state index contributed by atoms with van der Waals surface area (Å²) in [5.41, 5.74) is 5.34. The molecule has 1 aliphatic rings. The number of urea groups is 1. The average molecular weight is 498 g/mol. The molecule has 1 fully saturated rings. The quantitative estimate of drug-likeness (QED) is 0.378. The van der Waals surface area contributed by atoms with Crippen LogP contribution in [0, 0.1) is 18.6 Å². The second kappa shape index (κ2) is 12.0. The number of hydrogen-bond acceptors (Lipinski definition) is 7. The monoisotopic (exact) mass is 497 g/mol. The topological polar surface area (TPSA) is 130 Å². The van der Waals surface area contributed by atoms with Crippen LogP contribution >= 0.6 is 11.5 Å². The minimum absolute atomic E-state index is 0.0536. The number of primary amides is 1. The predicted octanol–water partition coefficient (Wildman–Crippen LogP) is 2.77. The van der Waals surface area contributed by atoms with Crippen molar-refractivity contribution in [3.05, 3.63) is 40.5 Å². The predicted molar refractivity (Wildman–Crippen MR) is 124 cm³/mol. The zero-order chi connectivity index (χ0) is 24.7. The van der Waals surface area contributed by atoms with Crippen LogP contribution in [0.15, 0.2) is 12.1 Å². The lowest BCUT2D eigenvalue weighted by molar-refractivity contribution is 0.0996. The van der Waals surface area contributed by atoms with E-state index in [1.807, 2.05) is 0 Å².